The van der Waals surface area contributed by atoms with Crippen molar-refractivity contribution in [1.29, 1.82) is 0 Å². The Morgan fingerprint density at radius 1 is 1.62 bits per heavy atom. The van der Waals surface area contributed by atoms with E-state index in [9.17, 15) is 8.42 Å². The Morgan fingerprint density at radius 2 is 2.15 bits per heavy atom. The van der Waals surface area contributed by atoms with Gasteiger partial charge in [0.2, 0.25) is 0 Å². The van der Waals surface area contributed by atoms with E-state index < -0.39 is 9.84 Å². The fourth-order valence-corrected chi connectivity index (χ4v) is 1.35. The molecule has 0 fully saturated rings. The largest absolute Gasteiger partial charge is 0.409 e. The van der Waals surface area contributed by atoms with Gasteiger partial charge in [0.25, 0.3) is 0 Å². The van der Waals surface area contributed by atoms with E-state index in [2.05, 4.69) is 5.16 Å². The number of oxime groups is 1. The maximum atomic E-state index is 10.8. The van der Waals surface area contributed by atoms with Gasteiger partial charge in [0, 0.05) is 12.8 Å². The van der Waals surface area contributed by atoms with Gasteiger partial charge < -0.3 is 10.9 Å². The first-order chi connectivity index (χ1) is 5.85. The van der Waals surface area contributed by atoms with Gasteiger partial charge >= 0.3 is 0 Å². The summed E-state index contributed by atoms with van der Waals surface area (Å²) in [4.78, 5) is 1.66. The molecule has 0 saturated carbocycles. The van der Waals surface area contributed by atoms with E-state index in [-0.39, 0.29) is 18.1 Å². The second-order valence-corrected chi connectivity index (χ2v) is 5.22. The van der Waals surface area contributed by atoms with Gasteiger partial charge in [-0.1, -0.05) is 5.16 Å². The molecule has 0 atom stereocenters. The fourth-order valence-electron chi connectivity index (χ4n) is 0.709. The number of nitrogens with zero attached hydrogens (tertiary/aromatic N) is 2. The van der Waals surface area contributed by atoms with Crippen LogP contribution in [0, 0.1) is 0 Å². The molecule has 0 unspecified atom stereocenters. The highest BCUT2D eigenvalue weighted by molar-refractivity contribution is 7.90. The highest BCUT2D eigenvalue weighted by Gasteiger charge is 2.06. The summed E-state index contributed by atoms with van der Waals surface area (Å²) >= 11 is 0. The van der Waals surface area contributed by atoms with Gasteiger partial charge in [-0.3, -0.25) is 4.90 Å². The van der Waals surface area contributed by atoms with Crippen molar-refractivity contribution in [2.75, 3.05) is 32.1 Å². The first kappa shape index (κ1) is 12.2. The van der Waals surface area contributed by atoms with Gasteiger partial charge in [0.05, 0.1) is 12.3 Å². The minimum Gasteiger partial charge on any atom is -0.409 e. The second-order valence-electron chi connectivity index (χ2n) is 2.96. The maximum Gasteiger partial charge on any atom is 0.153 e. The van der Waals surface area contributed by atoms with E-state index >= 15 is 0 Å². The van der Waals surface area contributed by atoms with Crippen LogP contribution in [0.1, 0.15) is 0 Å². The molecule has 0 aliphatic rings. The molecular formula is C6H15N3O3S. The molecule has 7 heteroatoms. The van der Waals surface area contributed by atoms with Gasteiger partial charge in [-0.2, -0.15) is 0 Å². The van der Waals surface area contributed by atoms with Crippen molar-refractivity contribution >= 4 is 15.7 Å². The van der Waals surface area contributed by atoms with E-state index in [1.165, 1.54) is 6.26 Å². The second kappa shape index (κ2) is 5.03. The number of sulfone groups is 1. The molecule has 0 amide bonds. The fraction of sp³-hybridized carbons (Fsp3) is 0.833. The number of nitrogens with two attached hydrogens (primary N) is 1. The van der Waals surface area contributed by atoms with Gasteiger partial charge in [0.1, 0.15) is 9.84 Å². The third kappa shape index (κ3) is 7.54. The molecule has 0 aromatic carbocycles. The van der Waals surface area contributed by atoms with Crippen LogP contribution < -0.4 is 5.73 Å². The summed E-state index contributed by atoms with van der Waals surface area (Å²) in [6.07, 6.45) is 1.17. The molecule has 6 nitrogen and oxygen atoms in total. The first-order valence-electron chi connectivity index (χ1n) is 3.68. The zero-order valence-corrected chi connectivity index (χ0v) is 8.58. The molecule has 0 aliphatic carbocycles. The minimum atomic E-state index is -2.95. The Balaban J connectivity index is 3.83. The van der Waals surface area contributed by atoms with Crippen LogP contribution in [-0.2, 0) is 9.84 Å². The number of amidine groups is 1. The van der Waals surface area contributed by atoms with Crippen LogP contribution in [0.3, 0.4) is 0 Å². The first-order valence-corrected chi connectivity index (χ1v) is 5.74. The summed E-state index contributed by atoms with van der Waals surface area (Å²) in [6, 6.07) is 0. The van der Waals surface area contributed by atoms with Crippen LogP contribution in [0.2, 0.25) is 0 Å². The van der Waals surface area contributed by atoms with Crippen molar-refractivity contribution in [2.24, 2.45) is 10.9 Å². The van der Waals surface area contributed by atoms with E-state index in [0.29, 0.717) is 6.54 Å². The van der Waals surface area contributed by atoms with Gasteiger partial charge in [-0.15, -0.1) is 0 Å². The average Bonchev–Trinajstić information content (AvgIpc) is 1.99. The SMILES string of the molecule is CN(CCS(C)(=O)=O)CC(N)=NO. The van der Waals surface area contributed by atoms with Gasteiger partial charge in [-0.25, -0.2) is 8.42 Å². The summed E-state index contributed by atoms with van der Waals surface area (Å²) < 4.78 is 21.5. The highest BCUT2D eigenvalue weighted by atomic mass is 32.2. The lowest BCUT2D eigenvalue weighted by Gasteiger charge is -2.14. The zero-order valence-electron chi connectivity index (χ0n) is 7.77. The van der Waals surface area contributed by atoms with Crippen molar-refractivity contribution < 1.29 is 13.6 Å². The molecule has 0 saturated heterocycles. The molecule has 0 aliphatic heterocycles. The predicted octanol–water partition coefficient (Wildman–Crippen LogP) is -1.29. The lowest BCUT2D eigenvalue weighted by atomic mass is 10.5. The summed E-state index contributed by atoms with van der Waals surface area (Å²) in [7, 11) is -1.25. The van der Waals surface area contributed by atoms with Crippen molar-refractivity contribution in [3.8, 4) is 0 Å². The van der Waals surface area contributed by atoms with E-state index in [4.69, 9.17) is 10.9 Å². The van der Waals surface area contributed by atoms with Crippen LogP contribution in [0.5, 0.6) is 0 Å². The Hall–Kier alpha value is -0.820. The summed E-state index contributed by atoms with van der Waals surface area (Å²) in [6.45, 7) is 0.626. The quantitative estimate of drug-likeness (QED) is 0.254. The van der Waals surface area contributed by atoms with Crippen molar-refractivity contribution in [2.45, 2.75) is 0 Å². The molecule has 0 aromatic heterocycles. The molecule has 13 heavy (non-hydrogen) atoms. The lowest BCUT2D eigenvalue weighted by Crippen LogP contribution is -2.34. The summed E-state index contributed by atoms with van der Waals surface area (Å²) in [5.74, 6) is 0.137. The number of hydrogen-bond donors (Lipinski definition) is 2. The minimum absolute atomic E-state index is 0.0657. The Morgan fingerprint density at radius 3 is 2.54 bits per heavy atom. The van der Waals surface area contributed by atoms with Crippen LogP contribution >= 0.6 is 0 Å². The van der Waals surface area contributed by atoms with Crippen LogP contribution in [0.15, 0.2) is 5.16 Å². The molecule has 0 aromatic rings. The normalized spacial score (nSPS) is 13.6. The van der Waals surface area contributed by atoms with E-state index in [1.54, 1.807) is 11.9 Å². The molecule has 0 rings (SSSR count). The Kier molecular flexibility index (Phi) is 4.71. The lowest BCUT2D eigenvalue weighted by molar-refractivity contribution is 0.311. The molecule has 78 valence electrons. The highest BCUT2D eigenvalue weighted by Crippen LogP contribution is 1.87. The molecular weight excluding hydrogens is 194 g/mol. The van der Waals surface area contributed by atoms with Gasteiger partial charge in [-0.05, 0) is 7.05 Å². The zero-order chi connectivity index (χ0) is 10.5. The number of rotatable bonds is 5. The van der Waals surface area contributed by atoms with Crippen LogP contribution in [0.4, 0.5) is 0 Å². The summed E-state index contributed by atoms with van der Waals surface area (Å²) in [5, 5.41) is 11.0. The Bertz CT molecular complexity index is 273. The summed E-state index contributed by atoms with van der Waals surface area (Å²) in [5.41, 5.74) is 5.22. The molecule has 0 radical (unpaired) electrons. The predicted molar refractivity (Wildman–Crippen MR) is 50.6 cm³/mol. The average molecular weight is 209 g/mol. The van der Waals surface area contributed by atoms with E-state index in [1.807, 2.05) is 0 Å². The topological polar surface area (TPSA) is 96.0 Å². The van der Waals surface area contributed by atoms with Crippen molar-refractivity contribution in [1.82, 2.24) is 4.90 Å². The molecule has 0 bridgehead atoms. The third-order valence-electron chi connectivity index (χ3n) is 1.40. The van der Waals surface area contributed by atoms with Crippen LogP contribution in [-0.4, -0.2) is 56.5 Å². The number of likely N-dealkylation sites (N-methyl/N-ethyl adjacent to an activating group) is 1. The monoisotopic (exact) mass is 209 g/mol. The molecule has 3 N–H and O–H groups in total. The standard InChI is InChI=1S/C6H15N3O3S/c1-9(5-6(7)8-10)3-4-13(2,11)12/h10H,3-5H2,1-2H3,(H2,7,8). The third-order valence-corrected chi connectivity index (χ3v) is 2.33. The van der Waals surface area contributed by atoms with Crippen molar-refractivity contribution in [3.05, 3.63) is 0 Å². The van der Waals surface area contributed by atoms with Gasteiger partial charge in [0.15, 0.2) is 5.84 Å². The molecule has 0 spiro atoms. The van der Waals surface area contributed by atoms with Crippen LogP contribution in [0.25, 0.3) is 0 Å². The Labute approximate surface area is 77.9 Å². The van der Waals surface area contributed by atoms with E-state index in [0.717, 1.165) is 0 Å². The number of hydrogen-bond acceptors (Lipinski definition) is 5. The maximum absolute atomic E-state index is 10.8. The smallest absolute Gasteiger partial charge is 0.153 e. The van der Waals surface area contributed by atoms with Crippen molar-refractivity contribution in [3.63, 3.8) is 0 Å². The molecule has 0 heterocycles.